The molecule has 5 heteroatoms. The molecule has 1 N–H and O–H groups in total. The van der Waals surface area contributed by atoms with Crippen LogP contribution in [-0.4, -0.2) is 17.1 Å². The van der Waals surface area contributed by atoms with Crippen LogP contribution >= 0.6 is 12.2 Å². The van der Waals surface area contributed by atoms with E-state index in [4.69, 9.17) is 21.7 Å². The van der Waals surface area contributed by atoms with Gasteiger partial charge in [-0.15, -0.1) is 0 Å². The van der Waals surface area contributed by atoms with Crippen molar-refractivity contribution in [2.75, 3.05) is 7.11 Å². The third-order valence-corrected chi connectivity index (χ3v) is 4.47. The van der Waals surface area contributed by atoms with Gasteiger partial charge in [0, 0.05) is 12.0 Å². The Morgan fingerprint density at radius 3 is 2.71 bits per heavy atom. The van der Waals surface area contributed by atoms with Gasteiger partial charge in [-0.3, -0.25) is 0 Å². The van der Waals surface area contributed by atoms with Crippen molar-refractivity contribution in [1.82, 2.24) is 9.97 Å². The molecule has 0 saturated carbocycles. The molecule has 0 amide bonds. The molecule has 0 spiro atoms. The minimum atomic E-state index is 0.571. The molecule has 2 aromatic carbocycles. The lowest BCUT2D eigenvalue weighted by Gasteiger charge is -2.20. The number of hydrogen-bond acceptors (Lipinski definition) is 4. The normalized spacial score (nSPS) is 12.1. The quantitative estimate of drug-likeness (QED) is 0.533. The van der Waals surface area contributed by atoms with Crippen LogP contribution < -0.4 is 9.47 Å². The molecule has 1 aromatic heterocycles. The molecular weight excluding hydrogens is 320 g/mol. The molecule has 0 atom stereocenters. The predicted octanol–water partition coefficient (Wildman–Crippen LogP) is 4.82. The van der Waals surface area contributed by atoms with Crippen molar-refractivity contribution < 1.29 is 9.47 Å². The van der Waals surface area contributed by atoms with Crippen LogP contribution in [0, 0.1) is 11.6 Å². The van der Waals surface area contributed by atoms with E-state index in [1.807, 2.05) is 36.4 Å². The molecule has 24 heavy (non-hydrogen) atoms. The number of benzene rings is 2. The summed E-state index contributed by atoms with van der Waals surface area (Å²) in [6.07, 6.45) is 0.734. The molecule has 0 fully saturated rings. The molecule has 4 rings (SSSR count). The first-order valence-electron chi connectivity index (χ1n) is 7.69. The van der Waals surface area contributed by atoms with Crippen LogP contribution in [0.1, 0.15) is 16.7 Å². The summed E-state index contributed by atoms with van der Waals surface area (Å²) in [5.41, 5.74) is 4.21. The Morgan fingerprint density at radius 2 is 1.96 bits per heavy atom. The van der Waals surface area contributed by atoms with Crippen LogP contribution in [0.3, 0.4) is 0 Å². The summed E-state index contributed by atoms with van der Waals surface area (Å²) in [7, 11) is 1.65. The van der Waals surface area contributed by atoms with Gasteiger partial charge in [-0.25, -0.2) is 4.98 Å². The topological polar surface area (TPSA) is 47.1 Å². The van der Waals surface area contributed by atoms with Gasteiger partial charge in [-0.05, 0) is 42.8 Å². The van der Waals surface area contributed by atoms with Gasteiger partial charge in [-0.2, -0.15) is 0 Å². The number of nitrogens with zero attached hydrogens (tertiary/aromatic N) is 1. The second-order valence-corrected chi connectivity index (χ2v) is 6.20. The molecule has 0 saturated heterocycles. The molecule has 0 bridgehead atoms. The molecule has 0 aliphatic carbocycles. The van der Waals surface area contributed by atoms with Gasteiger partial charge in [0.15, 0.2) is 0 Å². The number of rotatable bonds is 2. The lowest BCUT2D eigenvalue weighted by atomic mass is 10.0. The number of methoxy groups -OCH3 is 1. The fraction of sp³-hybridized carbons (Fsp3) is 0.158. The summed E-state index contributed by atoms with van der Waals surface area (Å²) in [6.45, 7) is 2.07. The fourth-order valence-corrected chi connectivity index (χ4v) is 3.11. The van der Waals surface area contributed by atoms with Crippen LogP contribution in [0.2, 0.25) is 0 Å². The van der Waals surface area contributed by atoms with Crippen molar-refractivity contribution >= 4 is 12.2 Å². The van der Waals surface area contributed by atoms with Crippen LogP contribution in [0.4, 0.5) is 0 Å². The molecule has 3 aromatic rings. The van der Waals surface area contributed by atoms with E-state index < -0.39 is 0 Å². The summed E-state index contributed by atoms with van der Waals surface area (Å²) in [5, 5.41) is 0. The minimum Gasteiger partial charge on any atom is -0.497 e. The molecular formula is C19H16N2O2S. The van der Waals surface area contributed by atoms with E-state index >= 15 is 0 Å². The maximum absolute atomic E-state index is 6.03. The van der Waals surface area contributed by atoms with Crippen molar-refractivity contribution in [3.8, 4) is 28.8 Å². The predicted molar refractivity (Wildman–Crippen MR) is 95.5 cm³/mol. The van der Waals surface area contributed by atoms with E-state index in [1.165, 1.54) is 5.56 Å². The minimum absolute atomic E-state index is 0.571. The molecule has 1 aliphatic rings. The first-order chi connectivity index (χ1) is 11.6. The van der Waals surface area contributed by atoms with Crippen LogP contribution in [-0.2, 0) is 6.42 Å². The number of aromatic amines is 1. The van der Waals surface area contributed by atoms with E-state index in [1.54, 1.807) is 7.11 Å². The zero-order chi connectivity index (χ0) is 16.7. The highest BCUT2D eigenvalue weighted by molar-refractivity contribution is 7.71. The fourth-order valence-electron chi connectivity index (χ4n) is 2.85. The van der Waals surface area contributed by atoms with E-state index in [0.29, 0.717) is 16.3 Å². The van der Waals surface area contributed by atoms with Gasteiger partial charge in [-0.1, -0.05) is 29.9 Å². The van der Waals surface area contributed by atoms with E-state index in [-0.39, 0.29) is 0 Å². The van der Waals surface area contributed by atoms with Gasteiger partial charge in [0.2, 0.25) is 5.88 Å². The molecule has 2 heterocycles. The Bertz CT molecular complexity index is 978. The smallest absolute Gasteiger partial charge is 0.205 e. The standard InChI is InChI=1S/C19H16N2O2S/c1-11-3-8-16-13(9-11)10-15-18(23-16)20-17(21-19(15)24)12-4-6-14(22-2)7-5-12/h3-9H,10H2,1-2H3,(H,20,21,24). The first kappa shape index (κ1) is 14.9. The molecule has 0 unspecified atom stereocenters. The third kappa shape index (κ3) is 2.57. The number of fused-ring (bicyclic) bond motifs is 2. The number of ether oxygens (including phenoxy) is 2. The number of aromatic nitrogens is 2. The van der Waals surface area contributed by atoms with Gasteiger partial charge < -0.3 is 14.5 Å². The van der Waals surface area contributed by atoms with Crippen molar-refractivity contribution in [3.05, 3.63) is 63.8 Å². The van der Waals surface area contributed by atoms with Crippen molar-refractivity contribution in [1.29, 1.82) is 0 Å². The Balaban J connectivity index is 1.77. The Hall–Kier alpha value is -2.66. The van der Waals surface area contributed by atoms with E-state index in [0.717, 1.165) is 34.6 Å². The van der Waals surface area contributed by atoms with Gasteiger partial charge in [0.05, 0.1) is 12.7 Å². The van der Waals surface area contributed by atoms with Crippen molar-refractivity contribution in [2.45, 2.75) is 13.3 Å². The van der Waals surface area contributed by atoms with Crippen LogP contribution in [0.25, 0.3) is 11.4 Å². The highest BCUT2D eigenvalue weighted by atomic mass is 32.1. The highest BCUT2D eigenvalue weighted by Crippen LogP contribution is 2.36. The first-order valence-corrected chi connectivity index (χ1v) is 8.10. The van der Waals surface area contributed by atoms with Crippen LogP contribution in [0.15, 0.2) is 42.5 Å². The maximum atomic E-state index is 6.03. The number of H-pyrrole nitrogens is 1. The average molecular weight is 336 g/mol. The van der Waals surface area contributed by atoms with Gasteiger partial charge in [0.1, 0.15) is 22.0 Å². The second-order valence-electron chi connectivity index (χ2n) is 5.82. The van der Waals surface area contributed by atoms with Crippen molar-refractivity contribution in [2.24, 2.45) is 0 Å². The third-order valence-electron chi connectivity index (χ3n) is 4.14. The lowest BCUT2D eigenvalue weighted by Crippen LogP contribution is -2.08. The zero-order valence-electron chi connectivity index (χ0n) is 13.4. The van der Waals surface area contributed by atoms with Gasteiger partial charge >= 0.3 is 0 Å². The largest absolute Gasteiger partial charge is 0.497 e. The summed E-state index contributed by atoms with van der Waals surface area (Å²) in [6, 6.07) is 13.9. The Kier molecular flexibility index (Phi) is 3.58. The highest BCUT2D eigenvalue weighted by Gasteiger charge is 2.20. The summed E-state index contributed by atoms with van der Waals surface area (Å²) >= 11 is 5.50. The average Bonchev–Trinajstić information content (AvgIpc) is 2.60. The maximum Gasteiger partial charge on any atom is 0.205 e. The summed E-state index contributed by atoms with van der Waals surface area (Å²) < 4.78 is 11.8. The summed E-state index contributed by atoms with van der Waals surface area (Å²) in [5.74, 6) is 3.04. The summed E-state index contributed by atoms with van der Waals surface area (Å²) in [4.78, 5) is 7.82. The number of hydrogen-bond donors (Lipinski definition) is 1. The monoisotopic (exact) mass is 336 g/mol. The van der Waals surface area contributed by atoms with Crippen LogP contribution in [0.5, 0.6) is 17.4 Å². The molecule has 4 nitrogen and oxygen atoms in total. The van der Waals surface area contributed by atoms with E-state index in [9.17, 15) is 0 Å². The second kappa shape index (κ2) is 5.76. The molecule has 1 aliphatic heterocycles. The molecule has 0 radical (unpaired) electrons. The SMILES string of the molecule is COc1ccc(-c2nc(=S)c3c([nH]2)Oc2ccc(C)cc2C3)cc1. The van der Waals surface area contributed by atoms with Crippen molar-refractivity contribution in [3.63, 3.8) is 0 Å². The Morgan fingerprint density at radius 1 is 1.17 bits per heavy atom. The number of aryl methyl sites for hydroxylation is 1. The Labute approximate surface area is 145 Å². The number of nitrogens with one attached hydrogen (secondary N) is 1. The van der Waals surface area contributed by atoms with E-state index in [2.05, 4.69) is 23.0 Å². The molecule has 120 valence electrons. The zero-order valence-corrected chi connectivity index (χ0v) is 14.2. The van der Waals surface area contributed by atoms with Gasteiger partial charge in [0.25, 0.3) is 0 Å². The lowest BCUT2D eigenvalue weighted by molar-refractivity contribution is 0.415.